The van der Waals surface area contributed by atoms with Gasteiger partial charge in [0.05, 0.1) is 6.61 Å². The molecule has 0 saturated carbocycles. The zero-order valence-corrected chi connectivity index (χ0v) is 9.69. The highest BCUT2D eigenvalue weighted by molar-refractivity contribution is 5.67. The van der Waals surface area contributed by atoms with Gasteiger partial charge in [-0.2, -0.15) is 0 Å². The van der Waals surface area contributed by atoms with Crippen LogP contribution in [0.5, 0.6) is 0 Å². The van der Waals surface area contributed by atoms with Gasteiger partial charge in [0, 0.05) is 6.54 Å². The third-order valence-electron chi connectivity index (χ3n) is 2.18. The fourth-order valence-corrected chi connectivity index (χ4v) is 1.19. The Morgan fingerprint density at radius 3 is 2.71 bits per heavy atom. The average molecular weight is 235 g/mol. The molecule has 0 unspecified atom stereocenters. The number of hydrogen-bond donors (Lipinski definition) is 2. The first-order chi connectivity index (χ1) is 8.22. The van der Waals surface area contributed by atoms with E-state index in [0.29, 0.717) is 18.5 Å². The van der Waals surface area contributed by atoms with Crippen LogP contribution in [0.15, 0.2) is 42.5 Å². The second-order valence-electron chi connectivity index (χ2n) is 3.65. The number of carbonyl (C=O) groups is 1. The van der Waals surface area contributed by atoms with Crippen molar-refractivity contribution in [2.75, 3.05) is 13.2 Å². The summed E-state index contributed by atoms with van der Waals surface area (Å²) in [7, 11) is 0. The van der Waals surface area contributed by atoms with Gasteiger partial charge >= 0.3 is 6.09 Å². The zero-order chi connectivity index (χ0) is 12.5. The molecule has 0 bridgehead atoms. The molecule has 0 atom stereocenters. The van der Waals surface area contributed by atoms with Crippen molar-refractivity contribution in [3.05, 3.63) is 48.0 Å². The van der Waals surface area contributed by atoms with Gasteiger partial charge in [0.1, 0.15) is 6.61 Å². The molecular formula is C13H17NO3. The van der Waals surface area contributed by atoms with Gasteiger partial charge in [-0.3, -0.25) is 0 Å². The standard InChI is InChI=1S/C13H17NO3/c1-11(9-15)7-8-14-13(16)17-10-12-5-3-2-4-6-12/h2-6,15H,1,7-10H2,(H,14,16). The molecule has 1 amide bonds. The Hall–Kier alpha value is -1.81. The first-order valence-corrected chi connectivity index (χ1v) is 5.44. The molecule has 0 aliphatic carbocycles. The third kappa shape index (κ3) is 5.73. The fourth-order valence-electron chi connectivity index (χ4n) is 1.19. The van der Waals surface area contributed by atoms with Crippen LogP contribution < -0.4 is 5.32 Å². The quantitative estimate of drug-likeness (QED) is 0.740. The number of aliphatic hydroxyl groups is 1. The fraction of sp³-hybridized carbons (Fsp3) is 0.308. The van der Waals surface area contributed by atoms with E-state index >= 15 is 0 Å². The summed E-state index contributed by atoms with van der Waals surface area (Å²) in [5.74, 6) is 0. The minimum atomic E-state index is -0.459. The average Bonchev–Trinajstić information content (AvgIpc) is 2.37. The summed E-state index contributed by atoms with van der Waals surface area (Å²) >= 11 is 0. The number of aliphatic hydroxyl groups excluding tert-OH is 1. The number of nitrogens with one attached hydrogen (secondary N) is 1. The molecule has 4 nitrogen and oxygen atoms in total. The Morgan fingerprint density at radius 1 is 1.35 bits per heavy atom. The van der Waals surface area contributed by atoms with E-state index in [4.69, 9.17) is 9.84 Å². The van der Waals surface area contributed by atoms with Crippen molar-refractivity contribution in [1.82, 2.24) is 5.32 Å². The van der Waals surface area contributed by atoms with Crippen molar-refractivity contribution >= 4 is 6.09 Å². The summed E-state index contributed by atoms with van der Waals surface area (Å²) in [4.78, 5) is 11.3. The molecule has 0 spiro atoms. The van der Waals surface area contributed by atoms with Crippen molar-refractivity contribution in [1.29, 1.82) is 0 Å². The van der Waals surface area contributed by atoms with Gasteiger partial charge in [-0.05, 0) is 12.0 Å². The van der Waals surface area contributed by atoms with Crippen LogP contribution in [0, 0.1) is 0 Å². The van der Waals surface area contributed by atoms with E-state index < -0.39 is 6.09 Å². The summed E-state index contributed by atoms with van der Waals surface area (Å²) in [5.41, 5.74) is 1.63. The summed E-state index contributed by atoms with van der Waals surface area (Å²) in [6.45, 7) is 4.25. The number of alkyl carbamates (subject to hydrolysis) is 1. The minimum absolute atomic E-state index is 0.0548. The third-order valence-corrected chi connectivity index (χ3v) is 2.18. The number of hydrogen-bond acceptors (Lipinski definition) is 3. The smallest absolute Gasteiger partial charge is 0.407 e. The van der Waals surface area contributed by atoms with E-state index in [1.807, 2.05) is 30.3 Å². The van der Waals surface area contributed by atoms with Crippen LogP contribution in [-0.4, -0.2) is 24.4 Å². The predicted molar refractivity (Wildman–Crippen MR) is 65.5 cm³/mol. The molecule has 1 rings (SSSR count). The topological polar surface area (TPSA) is 58.6 Å². The second-order valence-corrected chi connectivity index (χ2v) is 3.65. The molecule has 4 heteroatoms. The Morgan fingerprint density at radius 2 is 2.06 bits per heavy atom. The number of amides is 1. The lowest BCUT2D eigenvalue weighted by Gasteiger charge is -2.07. The lowest BCUT2D eigenvalue weighted by atomic mass is 10.2. The Bertz CT molecular complexity index is 362. The maximum Gasteiger partial charge on any atom is 0.407 e. The second kappa shape index (κ2) is 7.46. The molecule has 0 fully saturated rings. The summed E-state index contributed by atoms with van der Waals surface area (Å²) in [6, 6.07) is 9.47. The number of carbonyl (C=O) groups excluding carboxylic acids is 1. The normalized spacial score (nSPS) is 9.71. The lowest BCUT2D eigenvalue weighted by molar-refractivity contribution is 0.139. The van der Waals surface area contributed by atoms with Crippen LogP contribution in [0.3, 0.4) is 0 Å². The van der Waals surface area contributed by atoms with Crippen LogP contribution in [0.25, 0.3) is 0 Å². The highest BCUT2D eigenvalue weighted by Gasteiger charge is 2.01. The largest absolute Gasteiger partial charge is 0.445 e. The monoisotopic (exact) mass is 235 g/mol. The van der Waals surface area contributed by atoms with Crippen molar-refractivity contribution in [2.45, 2.75) is 13.0 Å². The molecular weight excluding hydrogens is 218 g/mol. The molecule has 0 aliphatic rings. The molecule has 0 radical (unpaired) electrons. The maximum absolute atomic E-state index is 11.3. The van der Waals surface area contributed by atoms with Crippen LogP contribution in [0.4, 0.5) is 4.79 Å². The molecule has 0 saturated heterocycles. The summed E-state index contributed by atoms with van der Waals surface area (Å²) in [5, 5.41) is 11.3. The van der Waals surface area contributed by atoms with Crippen LogP contribution in [0.2, 0.25) is 0 Å². The molecule has 92 valence electrons. The van der Waals surface area contributed by atoms with Gasteiger partial charge in [-0.25, -0.2) is 4.79 Å². The summed E-state index contributed by atoms with van der Waals surface area (Å²) in [6.07, 6.45) is 0.0938. The molecule has 1 aromatic rings. The van der Waals surface area contributed by atoms with Crippen molar-refractivity contribution in [3.8, 4) is 0 Å². The molecule has 0 heterocycles. The highest BCUT2D eigenvalue weighted by atomic mass is 16.5. The van der Waals surface area contributed by atoms with E-state index in [1.165, 1.54) is 0 Å². The van der Waals surface area contributed by atoms with Gasteiger partial charge in [-0.1, -0.05) is 42.5 Å². The van der Waals surface area contributed by atoms with Crippen LogP contribution >= 0.6 is 0 Å². The van der Waals surface area contributed by atoms with E-state index in [1.54, 1.807) is 0 Å². The van der Waals surface area contributed by atoms with E-state index in [-0.39, 0.29) is 13.2 Å². The highest BCUT2D eigenvalue weighted by Crippen LogP contribution is 2.00. The van der Waals surface area contributed by atoms with E-state index in [0.717, 1.165) is 5.56 Å². The Balaban J connectivity index is 2.16. The van der Waals surface area contributed by atoms with Gasteiger partial charge < -0.3 is 15.2 Å². The molecule has 0 aliphatic heterocycles. The molecule has 2 N–H and O–H groups in total. The first kappa shape index (κ1) is 13.3. The van der Waals surface area contributed by atoms with Gasteiger partial charge in [0.15, 0.2) is 0 Å². The predicted octanol–water partition coefficient (Wildman–Crippen LogP) is 1.85. The van der Waals surface area contributed by atoms with Gasteiger partial charge in [0.25, 0.3) is 0 Å². The summed E-state index contributed by atoms with van der Waals surface area (Å²) < 4.78 is 5.00. The number of ether oxygens (including phenoxy) is 1. The first-order valence-electron chi connectivity index (χ1n) is 5.44. The van der Waals surface area contributed by atoms with E-state index in [2.05, 4.69) is 11.9 Å². The Kier molecular flexibility index (Phi) is 5.82. The van der Waals surface area contributed by atoms with Crippen molar-refractivity contribution < 1.29 is 14.6 Å². The van der Waals surface area contributed by atoms with Crippen molar-refractivity contribution in [2.24, 2.45) is 0 Å². The Labute approximate surface area is 101 Å². The van der Waals surface area contributed by atoms with E-state index in [9.17, 15) is 4.79 Å². The number of rotatable bonds is 6. The van der Waals surface area contributed by atoms with Gasteiger partial charge in [0.2, 0.25) is 0 Å². The van der Waals surface area contributed by atoms with Gasteiger partial charge in [-0.15, -0.1) is 0 Å². The number of benzene rings is 1. The lowest BCUT2D eigenvalue weighted by Crippen LogP contribution is -2.25. The maximum atomic E-state index is 11.3. The minimum Gasteiger partial charge on any atom is -0.445 e. The molecule has 1 aromatic carbocycles. The SMILES string of the molecule is C=C(CO)CCNC(=O)OCc1ccccc1. The van der Waals surface area contributed by atoms with Crippen LogP contribution in [0.1, 0.15) is 12.0 Å². The zero-order valence-electron chi connectivity index (χ0n) is 9.69. The van der Waals surface area contributed by atoms with Crippen molar-refractivity contribution in [3.63, 3.8) is 0 Å². The molecule has 17 heavy (non-hydrogen) atoms. The van der Waals surface area contributed by atoms with Crippen LogP contribution in [-0.2, 0) is 11.3 Å². The molecule has 0 aromatic heterocycles.